The number of hydrogen-bond donors (Lipinski definition) is 0. The highest BCUT2D eigenvalue weighted by Crippen LogP contribution is 2.38. The van der Waals surface area contributed by atoms with Crippen LogP contribution in [0.5, 0.6) is 0 Å². The molecule has 0 spiro atoms. The predicted octanol–water partition coefficient (Wildman–Crippen LogP) is 8.27. The SMILES string of the molecule is C=CC1CCC(c2ccc(-c3ccc(C4CCC(C=C)CC4)cc3)cc2)CC1. The van der Waals surface area contributed by atoms with Gasteiger partial charge in [0.25, 0.3) is 0 Å². The van der Waals surface area contributed by atoms with Gasteiger partial charge in [0.05, 0.1) is 0 Å². The Morgan fingerprint density at radius 1 is 0.500 bits per heavy atom. The van der Waals surface area contributed by atoms with Crippen LogP contribution in [-0.2, 0) is 0 Å². The topological polar surface area (TPSA) is 0 Å². The van der Waals surface area contributed by atoms with Crippen LogP contribution in [0.15, 0.2) is 73.8 Å². The van der Waals surface area contributed by atoms with Gasteiger partial charge in [0.1, 0.15) is 0 Å². The van der Waals surface area contributed by atoms with Crippen LogP contribution >= 0.6 is 0 Å². The molecule has 0 N–H and O–H groups in total. The molecule has 0 saturated heterocycles. The van der Waals surface area contributed by atoms with E-state index in [9.17, 15) is 0 Å². The summed E-state index contributed by atoms with van der Waals surface area (Å²) in [6, 6.07) is 18.7. The lowest BCUT2D eigenvalue weighted by molar-refractivity contribution is 0.376. The van der Waals surface area contributed by atoms with Crippen LogP contribution < -0.4 is 0 Å². The minimum Gasteiger partial charge on any atom is -0.103 e. The second kappa shape index (κ2) is 8.95. The Hall–Kier alpha value is -2.08. The van der Waals surface area contributed by atoms with Crippen LogP contribution in [0, 0.1) is 11.8 Å². The van der Waals surface area contributed by atoms with E-state index >= 15 is 0 Å². The van der Waals surface area contributed by atoms with E-state index < -0.39 is 0 Å². The maximum absolute atomic E-state index is 3.97. The average molecular weight is 371 g/mol. The molecule has 146 valence electrons. The van der Waals surface area contributed by atoms with Crippen LogP contribution in [-0.4, -0.2) is 0 Å². The van der Waals surface area contributed by atoms with Gasteiger partial charge in [-0.25, -0.2) is 0 Å². The van der Waals surface area contributed by atoms with E-state index in [4.69, 9.17) is 0 Å². The molecule has 2 aromatic rings. The molecule has 0 atom stereocenters. The van der Waals surface area contributed by atoms with Gasteiger partial charge in [0, 0.05) is 0 Å². The first-order chi connectivity index (χ1) is 13.8. The van der Waals surface area contributed by atoms with Crippen molar-refractivity contribution in [1.29, 1.82) is 0 Å². The van der Waals surface area contributed by atoms with Gasteiger partial charge in [0.2, 0.25) is 0 Å². The molecule has 0 aliphatic heterocycles. The van der Waals surface area contributed by atoms with Crippen molar-refractivity contribution in [3.05, 3.63) is 85.0 Å². The number of allylic oxidation sites excluding steroid dienone is 2. The zero-order valence-corrected chi connectivity index (χ0v) is 17.2. The van der Waals surface area contributed by atoms with Crippen molar-refractivity contribution < 1.29 is 0 Å². The predicted molar refractivity (Wildman–Crippen MR) is 122 cm³/mol. The summed E-state index contributed by atoms with van der Waals surface area (Å²) >= 11 is 0. The summed E-state index contributed by atoms with van der Waals surface area (Å²) in [7, 11) is 0. The minimum absolute atomic E-state index is 0.735. The van der Waals surface area contributed by atoms with Gasteiger partial charge < -0.3 is 0 Å². The lowest BCUT2D eigenvalue weighted by atomic mass is 9.78. The average Bonchev–Trinajstić information content (AvgIpc) is 2.79. The standard InChI is InChI=1S/C28H34/c1-3-21-5-9-23(10-6-21)25-13-17-27(18-14-25)28-19-15-26(16-20-28)24-11-7-22(4-2)8-12-24/h3-4,13-24H,1-2,5-12H2. The fourth-order valence-electron chi connectivity index (χ4n) is 5.27. The largest absolute Gasteiger partial charge is 0.103 e. The highest BCUT2D eigenvalue weighted by molar-refractivity contribution is 5.64. The maximum atomic E-state index is 3.97. The summed E-state index contributed by atoms with van der Waals surface area (Å²) < 4.78 is 0. The number of hydrogen-bond acceptors (Lipinski definition) is 0. The molecule has 0 radical (unpaired) electrons. The van der Waals surface area contributed by atoms with E-state index in [0.29, 0.717) is 0 Å². The zero-order valence-electron chi connectivity index (χ0n) is 17.2. The lowest BCUT2D eigenvalue weighted by Gasteiger charge is -2.27. The zero-order chi connectivity index (χ0) is 19.3. The third-order valence-electron chi connectivity index (χ3n) is 7.31. The third kappa shape index (κ3) is 4.32. The molecule has 2 fully saturated rings. The fraction of sp³-hybridized carbons (Fsp3) is 0.429. The van der Waals surface area contributed by atoms with Crippen molar-refractivity contribution in [2.24, 2.45) is 11.8 Å². The Kier molecular flexibility index (Phi) is 6.15. The molecule has 4 rings (SSSR count). The Morgan fingerprint density at radius 3 is 1.11 bits per heavy atom. The molecule has 0 nitrogen and oxygen atoms in total. The lowest BCUT2D eigenvalue weighted by Crippen LogP contribution is -2.11. The molecular formula is C28H34. The molecule has 2 saturated carbocycles. The van der Waals surface area contributed by atoms with Gasteiger partial charge >= 0.3 is 0 Å². The van der Waals surface area contributed by atoms with E-state index in [0.717, 1.165) is 23.7 Å². The smallest absolute Gasteiger partial charge is 0.0162 e. The highest BCUT2D eigenvalue weighted by Gasteiger charge is 2.21. The summed E-state index contributed by atoms with van der Waals surface area (Å²) in [5.74, 6) is 2.94. The van der Waals surface area contributed by atoms with E-state index in [1.54, 1.807) is 0 Å². The monoisotopic (exact) mass is 370 g/mol. The Balaban J connectivity index is 1.39. The van der Waals surface area contributed by atoms with Crippen LogP contribution in [0.2, 0.25) is 0 Å². The summed E-state index contributed by atoms with van der Waals surface area (Å²) in [4.78, 5) is 0. The molecule has 0 heterocycles. The second-order valence-corrected chi connectivity index (χ2v) is 8.94. The summed E-state index contributed by atoms with van der Waals surface area (Å²) in [5.41, 5.74) is 5.71. The molecular weight excluding hydrogens is 336 g/mol. The quantitative estimate of drug-likeness (QED) is 0.464. The summed E-state index contributed by atoms with van der Waals surface area (Å²) in [6.07, 6.45) is 14.7. The Labute approximate surface area is 171 Å². The number of rotatable bonds is 5. The van der Waals surface area contributed by atoms with Crippen molar-refractivity contribution in [2.75, 3.05) is 0 Å². The van der Waals surface area contributed by atoms with E-state index in [-0.39, 0.29) is 0 Å². The van der Waals surface area contributed by atoms with Crippen LogP contribution in [0.1, 0.15) is 74.3 Å². The highest BCUT2D eigenvalue weighted by atomic mass is 14.3. The third-order valence-corrected chi connectivity index (χ3v) is 7.31. The molecule has 28 heavy (non-hydrogen) atoms. The molecule has 0 amide bonds. The normalized spacial score (nSPS) is 27.9. The molecule has 0 bridgehead atoms. The van der Waals surface area contributed by atoms with Gasteiger partial charge in [-0.3, -0.25) is 0 Å². The summed E-state index contributed by atoms with van der Waals surface area (Å²) in [6.45, 7) is 7.93. The van der Waals surface area contributed by atoms with Crippen LogP contribution in [0.25, 0.3) is 11.1 Å². The second-order valence-electron chi connectivity index (χ2n) is 8.94. The van der Waals surface area contributed by atoms with Crippen molar-refractivity contribution in [1.82, 2.24) is 0 Å². The Morgan fingerprint density at radius 2 is 0.821 bits per heavy atom. The molecule has 0 aromatic heterocycles. The van der Waals surface area contributed by atoms with Crippen molar-refractivity contribution in [3.8, 4) is 11.1 Å². The number of benzene rings is 2. The van der Waals surface area contributed by atoms with Crippen molar-refractivity contribution in [3.63, 3.8) is 0 Å². The molecule has 0 heteroatoms. The van der Waals surface area contributed by atoms with Gasteiger partial charge in [-0.15, -0.1) is 13.2 Å². The Bertz CT molecular complexity index is 694. The van der Waals surface area contributed by atoms with Crippen LogP contribution in [0.3, 0.4) is 0 Å². The first-order valence-corrected chi connectivity index (χ1v) is 11.2. The van der Waals surface area contributed by atoms with Gasteiger partial charge in [-0.05, 0) is 97.3 Å². The van der Waals surface area contributed by atoms with E-state index in [1.807, 2.05) is 0 Å². The van der Waals surface area contributed by atoms with Crippen molar-refractivity contribution in [2.45, 2.75) is 63.2 Å². The van der Waals surface area contributed by atoms with E-state index in [2.05, 4.69) is 73.8 Å². The van der Waals surface area contributed by atoms with Gasteiger partial charge in [-0.2, -0.15) is 0 Å². The van der Waals surface area contributed by atoms with Crippen LogP contribution in [0.4, 0.5) is 0 Å². The van der Waals surface area contributed by atoms with Gasteiger partial charge in [0.15, 0.2) is 0 Å². The maximum Gasteiger partial charge on any atom is -0.0162 e. The molecule has 2 aliphatic carbocycles. The first-order valence-electron chi connectivity index (χ1n) is 11.2. The van der Waals surface area contributed by atoms with E-state index in [1.165, 1.54) is 73.6 Å². The van der Waals surface area contributed by atoms with Gasteiger partial charge in [-0.1, -0.05) is 60.7 Å². The first kappa shape index (κ1) is 19.2. The summed E-state index contributed by atoms with van der Waals surface area (Å²) in [5, 5.41) is 0. The molecule has 2 aliphatic rings. The van der Waals surface area contributed by atoms with Crippen molar-refractivity contribution >= 4 is 0 Å². The minimum atomic E-state index is 0.735. The molecule has 2 aromatic carbocycles. The fourth-order valence-corrected chi connectivity index (χ4v) is 5.27. The molecule has 0 unspecified atom stereocenters.